The van der Waals surface area contributed by atoms with Crippen molar-refractivity contribution in [2.75, 3.05) is 31.5 Å². The molecule has 2 aliphatic rings. The quantitative estimate of drug-likeness (QED) is 0.722. The first-order valence-corrected chi connectivity index (χ1v) is 10.00. The highest BCUT2D eigenvalue weighted by Gasteiger charge is 2.24. The molecule has 2 aliphatic heterocycles. The van der Waals surface area contributed by atoms with Crippen molar-refractivity contribution >= 4 is 23.1 Å². The monoisotopic (exact) mass is 406 g/mol. The summed E-state index contributed by atoms with van der Waals surface area (Å²) in [4.78, 5) is 29.5. The summed E-state index contributed by atoms with van der Waals surface area (Å²) in [5.41, 5.74) is 1.62. The van der Waals surface area contributed by atoms with Crippen LogP contribution in [0.1, 0.15) is 52.2 Å². The highest BCUT2D eigenvalue weighted by atomic mass is 16.2. The third-order valence-corrected chi connectivity index (χ3v) is 5.30. The zero-order valence-electron chi connectivity index (χ0n) is 16.5. The number of nitrogens with one attached hydrogen (secondary N) is 2. The Morgan fingerprint density at radius 1 is 1.00 bits per heavy atom. The van der Waals surface area contributed by atoms with E-state index in [9.17, 15) is 14.9 Å². The summed E-state index contributed by atoms with van der Waals surface area (Å²) in [5.74, 6) is -0.0220. The van der Waals surface area contributed by atoms with Gasteiger partial charge < -0.3 is 15.1 Å². The summed E-state index contributed by atoms with van der Waals surface area (Å²) in [6, 6.07) is 7.06. The van der Waals surface area contributed by atoms with Crippen LogP contribution in [0.4, 0.5) is 5.69 Å². The predicted octanol–water partition coefficient (Wildman–Crippen LogP) is 1.65. The molecule has 3 heterocycles. The number of rotatable bonds is 5. The molecule has 0 bridgehead atoms. The van der Waals surface area contributed by atoms with Crippen molar-refractivity contribution in [3.63, 3.8) is 0 Å². The number of anilines is 1. The number of nitrogens with zero attached hydrogens (tertiary/aromatic N) is 6. The van der Waals surface area contributed by atoms with Gasteiger partial charge in [0.05, 0.1) is 0 Å². The highest BCUT2D eigenvalue weighted by molar-refractivity contribution is 6.01. The minimum atomic E-state index is -0.0886. The standard InChI is InChI=1S/C20H22N8O2/c21-12-16(18-23-25-26-24-18)13-22-17-10-14(19(29)27-5-1-2-6-27)9-15(11-17)20(30)28-7-3-4-8-28/h9-11,13,22H,1-8H2,(H,23,24,25,26). The zero-order chi connectivity index (χ0) is 20.9. The Kier molecular flexibility index (Phi) is 5.70. The first-order valence-electron chi connectivity index (χ1n) is 10.00. The van der Waals surface area contributed by atoms with E-state index in [2.05, 4.69) is 25.9 Å². The van der Waals surface area contributed by atoms with Crippen LogP contribution >= 0.6 is 0 Å². The van der Waals surface area contributed by atoms with E-state index in [1.165, 1.54) is 6.20 Å². The molecule has 0 aliphatic carbocycles. The lowest BCUT2D eigenvalue weighted by Gasteiger charge is -2.19. The van der Waals surface area contributed by atoms with Crippen molar-refractivity contribution in [1.82, 2.24) is 30.4 Å². The Morgan fingerprint density at radius 3 is 2.03 bits per heavy atom. The summed E-state index contributed by atoms with van der Waals surface area (Å²) in [6.45, 7) is 2.90. The van der Waals surface area contributed by atoms with Gasteiger partial charge in [0.15, 0.2) is 0 Å². The van der Waals surface area contributed by atoms with Crippen LogP contribution in [0.2, 0.25) is 0 Å². The average Bonchev–Trinajstić information content (AvgIpc) is 3.56. The fraction of sp³-hybridized carbons (Fsp3) is 0.400. The van der Waals surface area contributed by atoms with Gasteiger partial charge in [-0.25, -0.2) is 0 Å². The number of amides is 2. The van der Waals surface area contributed by atoms with E-state index >= 15 is 0 Å². The van der Waals surface area contributed by atoms with Crippen LogP contribution in [0.5, 0.6) is 0 Å². The predicted molar refractivity (Wildman–Crippen MR) is 108 cm³/mol. The number of nitriles is 1. The maximum Gasteiger partial charge on any atom is 0.253 e. The topological polar surface area (TPSA) is 131 Å². The Hall–Kier alpha value is -3.74. The molecule has 10 heteroatoms. The highest BCUT2D eigenvalue weighted by Crippen LogP contribution is 2.22. The number of carbonyl (C=O) groups excluding carboxylic acids is 2. The SMILES string of the molecule is N#CC(=CNc1cc(C(=O)N2CCCC2)cc(C(=O)N2CCCC2)c1)c1nn[nH]n1. The molecule has 0 unspecified atom stereocenters. The lowest BCUT2D eigenvalue weighted by molar-refractivity contribution is 0.0791. The maximum atomic E-state index is 12.9. The van der Waals surface area contributed by atoms with Gasteiger partial charge in [-0.05, 0) is 49.1 Å². The number of benzene rings is 1. The van der Waals surface area contributed by atoms with Gasteiger partial charge in [-0.1, -0.05) is 0 Å². The van der Waals surface area contributed by atoms with Gasteiger partial charge in [0.2, 0.25) is 5.82 Å². The number of hydrogen-bond donors (Lipinski definition) is 2. The van der Waals surface area contributed by atoms with Crippen LogP contribution in [0.3, 0.4) is 0 Å². The molecule has 1 aromatic heterocycles. The van der Waals surface area contributed by atoms with Gasteiger partial charge >= 0.3 is 0 Å². The van der Waals surface area contributed by atoms with Gasteiger partial charge in [0, 0.05) is 49.2 Å². The molecule has 0 atom stereocenters. The van der Waals surface area contributed by atoms with E-state index < -0.39 is 0 Å². The van der Waals surface area contributed by atoms with Crippen molar-refractivity contribution in [1.29, 1.82) is 5.26 Å². The summed E-state index contributed by atoms with van der Waals surface area (Å²) in [7, 11) is 0. The molecule has 10 nitrogen and oxygen atoms in total. The van der Waals surface area contributed by atoms with Gasteiger partial charge in [0.1, 0.15) is 11.6 Å². The summed E-state index contributed by atoms with van der Waals surface area (Å²) in [6.07, 6.45) is 5.39. The molecule has 4 rings (SSSR count). The lowest BCUT2D eigenvalue weighted by atomic mass is 10.1. The van der Waals surface area contributed by atoms with Crippen LogP contribution in [-0.2, 0) is 0 Å². The van der Waals surface area contributed by atoms with Crippen molar-refractivity contribution in [2.24, 2.45) is 0 Å². The largest absolute Gasteiger partial charge is 0.360 e. The number of tetrazole rings is 1. The number of hydrogen-bond acceptors (Lipinski definition) is 7. The van der Waals surface area contributed by atoms with E-state index in [1.54, 1.807) is 28.0 Å². The first-order chi connectivity index (χ1) is 14.7. The van der Waals surface area contributed by atoms with Crippen LogP contribution in [0, 0.1) is 11.3 Å². The molecular formula is C20H22N8O2. The van der Waals surface area contributed by atoms with Gasteiger partial charge in [0.25, 0.3) is 11.8 Å². The number of aromatic amines is 1. The number of allylic oxidation sites excluding steroid dienone is 1. The Labute approximate surface area is 173 Å². The molecule has 30 heavy (non-hydrogen) atoms. The van der Waals surface area contributed by atoms with E-state index in [0.717, 1.165) is 51.9 Å². The Bertz CT molecular complexity index is 950. The minimum Gasteiger partial charge on any atom is -0.360 e. The fourth-order valence-electron chi connectivity index (χ4n) is 3.74. The minimum absolute atomic E-state index is 0.0886. The second kappa shape index (κ2) is 8.73. The van der Waals surface area contributed by atoms with Crippen LogP contribution < -0.4 is 5.32 Å². The van der Waals surface area contributed by atoms with Crippen LogP contribution in [-0.4, -0.2) is 68.4 Å². The number of H-pyrrole nitrogens is 1. The summed E-state index contributed by atoms with van der Waals surface area (Å²) < 4.78 is 0. The molecule has 2 amide bonds. The van der Waals surface area contributed by atoms with Crippen LogP contribution in [0.25, 0.3) is 5.57 Å². The van der Waals surface area contributed by atoms with Crippen LogP contribution in [0.15, 0.2) is 24.4 Å². The van der Waals surface area contributed by atoms with Gasteiger partial charge in [-0.3, -0.25) is 9.59 Å². The molecule has 0 saturated carbocycles. The van der Waals surface area contributed by atoms with Crippen molar-refractivity contribution < 1.29 is 9.59 Å². The van der Waals surface area contributed by atoms with Crippen molar-refractivity contribution in [3.05, 3.63) is 41.4 Å². The van der Waals surface area contributed by atoms with Gasteiger partial charge in [-0.15, -0.1) is 10.2 Å². The molecule has 0 spiro atoms. The third-order valence-electron chi connectivity index (χ3n) is 5.30. The molecule has 154 valence electrons. The number of aromatic nitrogens is 4. The molecule has 1 aromatic carbocycles. The van der Waals surface area contributed by atoms with E-state index in [-0.39, 0.29) is 23.2 Å². The number of carbonyl (C=O) groups is 2. The van der Waals surface area contributed by atoms with E-state index in [4.69, 9.17) is 0 Å². The van der Waals surface area contributed by atoms with E-state index in [1.807, 2.05) is 6.07 Å². The molecule has 2 N–H and O–H groups in total. The third kappa shape index (κ3) is 4.15. The molecular weight excluding hydrogens is 384 g/mol. The van der Waals surface area contributed by atoms with E-state index in [0.29, 0.717) is 16.8 Å². The molecule has 2 aromatic rings. The second-order valence-corrected chi connectivity index (χ2v) is 7.35. The van der Waals surface area contributed by atoms with Crippen molar-refractivity contribution in [3.8, 4) is 6.07 Å². The first kappa shape index (κ1) is 19.6. The smallest absolute Gasteiger partial charge is 0.253 e. The summed E-state index contributed by atoms with van der Waals surface area (Å²) in [5, 5.41) is 25.7. The average molecular weight is 406 g/mol. The van der Waals surface area contributed by atoms with Gasteiger partial charge in [-0.2, -0.15) is 10.5 Å². The normalized spacial score (nSPS) is 16.6. The molecule has 2 fully saturated rings. The summed E-state index contributed by atoms with van der Waals surface area (Å²) >= 11 is 0. The zero-order valence-corrected chi connectivity index (χ0v) is 16.5. The molecule has 0 radical (unpaired) electrons. The Morgan fingerprint density at radius 2 is 1.57 bits per heavy atom. The number of likely N-dealkylation sites (tertiary alicyclic amines) is 2. The lowest BCUT2D eigenvalue weighted by Crippen LogP contribution is -2.30. The Balaban J connectivity index is 1.65. The maximum absolute atomic E-state index is 12.9. The molecule has 2 saturated heterocycles. The van der Waals surface area contributed by atoms with Crippen molar-refractivity contribution in [2.45, 2.75) is 25.7 Å². The fourth-order valence-corrected chi connectivity index (χ4v) is 3.74. The second-order valence-electron chi connectivity index (χ2n) is 7.35.